The maximum absolute atomic E-state index is 6.32. The lowest BCUT2D eigenvalue weighted by Gasteiger charge is -2.29. The fourth-order valence-corrected chi connectivity index (χ4v) is 3.16. The van der Waals surface area contributed by atoms with E-state index in [1.807, 2.05) is 18.2 Å². The largest absolute Gasteiger partial charge is 0.329 e. The van der Waals surface area contributed by atoms with Gasteiger partial charge in [-0.25, -0.2) is 0 Å². The number of likely N-dealkylation sites (N-methyl/N-ethyl adjacent to an activating group) is 1. The van der Waals surface area contributed by atoms with E-state index >= 15 is 0 Å². The molecule has 19 heavy (non-hydrogen) atoms. The summed E-state index contributed by atoms with van der Waals surface area (Å²) in [7, 11) is 4.25. The summed E-state index contributed by atoms with van der Waals surface area (Å²) >= 11 is 12.4. The molecule has 106 valence electrons. The zero-order valence-electron chi connectivity index (χ0n) is 11.4. The number of hydrogen-bond acceptors (Lipinski definition) is 3. The first-order chi connectivity index (χ1) is 9.04. The molecule has 0 aliphatic carbocycles. The second-order valence-corrected chi connectivity index (χ2v) is 6.08. The van der Waals surface area contributed by atoms with Crippen LogP contribution in [0, 0.1) is 0 Å². The first-order valence-corrected chi connectivity index (χ1v) is 7.34. The van der Waals surface area contributed by atoms with Crippen LogP contribution in [0.4, 0.5) is 0 Å². The molecule has 2 unspecified atom stereocenters. The summed E-state index contributed by atoms with van der Waals surface area (Å²) in [5.41, 5.74) is 7.01. The number of benzene rings is 1. The fraction of sp³-hybridized carbons (Fsp3) is 0.571. The van der Waals surface area contributed by atoms with Crippen LogP contribution < -0.4 is 5.73 Å². The van der Waals surface area contributed by atoms with Gasteiger partial charge in [0.25, 0.3) is 0 Å². The number of rotatable bonds is 4. The van der Waals surface area contributed by atoms with E-state index in [2.05, 4.69) is 23.9 Å². The van der Waals surface area contributed by atoms with Crippen LogP contribution in [0.25, 0.3) is 0 Å². The SMILES string of the molecule is CN(C)C1CCN(C(CN)c2cccc(Cl)c2Cl)C1. The normalized spacial score (nSPS) is 22.1. The Morgan fingerprint density at radius 2 is 2.16 bits per heavy atom. The Bertz CT molecular complexity index is 437. The van der Waals surface area contributed by atoms with Gasteiger partial charge < -0.3 is 10.6 Å². The fourth-order valence-electron chi connectivity index (χ4n) is 2.72. The third kappa shape index (κ3) is 3.23. The summed E-state index contributed by atoms with van der Waals surface area (Å²) in [5, 5.41) is 1.23. The molecule has 2 atom stereocenters. The minimum atomic E-state index is 0.149. The lowest BCUT2D eigenvalue weighted by Crippen LogP contribution is -2.36. The third-order valence-electron chi connectivity index (χ3n) is 3.93. The lowest BCUT2D eigenvalue weighted by atomic mass is 10.1. The van der Waals surface area contributed by atoms with Gasteiger partial charge in [0, 0.05) is 31.7 Å². The van der Waals surface area contributed by atoms with Gasteiger partial charge in [-0.15, -0.1) is 0 Å². The van der Waals surface area contributed by atoms with Gasteiger partial charge in [0.1, 0.15) is 0 Å². The predicted octanol–water partition coefficient (Wildman–Crippen LogP) is 2.63. The average Bonchev–Trinajstić information content (AvgIpc) is 2.85. The standard InChI is InChI=1S/C14H21Cl2N3/c1-18(2)10-6-7-19(9-10)13(8-17)11-4-3-5-12(15)14(11)16/h3-5,10,13H,6-9,17H2,1-2H3. The molecule has 1 heterocycles. The molecule has 1 aromatic rings. The highest BCUT2D eigenvalue weighted by molar-refractivity contribution is 6.42. The molecular formula is C14H21Cl2N3. The van der Waals surface area contributed by atoms with Crippen molar-refractivity contribution in [2.24, 2.45) is 5.73 Å². The molecular weight excluding hydrogens is 281 g/mol. The molecule has 0 bridgehead atoms. The first kappa shape index (κ1) is 15.1. The van der Waals surface area contributed by atoms with Crippen LogP contribution in [0.1, 0.15) is 18.0 Å². The molecule has 1 fully saturated rings. The minimum Gasteiger partial charge on any atom is -0.329 e. The van der Waals surface area contributed by atoms with Crippen molar-refractivity contribution in [2.75, 3.05) is 33.7 Å². The molecule has 1 aliphatic rings. The monoisotopic (exact) mass is 301 g/mol. The van der Waals surface area contributed by atoms with E-state index in [1.165, 1.54) is 6.42 Å². The van der Waals surface area contributed by atoms with Crippen LogP contribution in [-0.2, 0) is 0 Å². The van der Waals surface area contributed by atoms with Crippen molar-refractivity contribution in [2.45, 2.75) is 18.5 Å². The highest BCUT2D eigenvalue weighted by Gasteiger charge is 2.30. The zero-order valence-corrected chi connectivity index (χ0v) is 13.0. The van der Waals surface area contributed by atoms with Crippen molar-refractivity contribution in [3.8, 4) is 0 Å². The number of likely N-dealkylation sites (tertiary alicyclic amines) is 1. The smallest absolute Gasteiger partial charge is 0.0640 e. The average molecular weight is 302 g/mol. The van der Waals surface area contributed by atoms with Crippen LogP contribution in [0.3, 0.4) is 0 Å². The number of nitrogens with zero attached hydrogens (tertiary/aromatic N) is 2. The van der Waals surface area contributed by atoms with Crippen LogP contribution in [0.15, 0.2) is 18.2 Å². The van der Waals surface area contributed by atoms with Gasteiger partial charge in [-0.1, -0.05) is 35.3 Å². The zero-order chi connectivity index (χ0) is 14.0. The van der Waals surface area contributed by atoms with Gasteiger partial charge in [0.15, 0.2) is 0 Å². The molecule has 2 rings (SSSR count). The van der Waals surface area contributed by atoms with Crippen LogP contribution in [0.2, 0.25) is 10.0 Å². The van der Waals surface area contributed by atoms with Crippen LogP contribution in [-0.4, -0.2) is 49.6 Å². The van der Waals surface area contributed by atoms with E-state index in [9.17, 15) is 0 Å². The quantitative estimate of drug-likeness (QED) is 0.928. The van der Waals surface area contributed by atoms with Crippen molar-refractivity contribution in [1.29, 1.82) is 0 Å². The van der Waals surface area contributed by atoms with Crippen molar-refractivity contribution in [3.63, 3.8) is 0 Å². The highest BCUT2D eigenvalue weighted by atomic mass is 35.5. The van der Waals surface area contributed by atoms with Gasteiger partial charge in [-0.3, -0.25) is 4.90 Å². The Labute approximate surface area is 125 Å². The summed E-state index contributed by atoms with van der Waals surface area (Å²) in [6.45, 7) is 2.63. The van der Waals surface area contributed by atoms with Crippen molar-refractivity contribution in [3.05, 3.63) is 33.8 Å². The molecule has 1 aromatic carbocycles. The molecule has 0 amide bonds. The molecule has 3 nitrogen and oxygen atoms in total. The molecule has 1 saturated heterocycles. The minimum absolute atomic E-state index is 0.149. The molecule has 1 aliphatic heterocycles. The number of halogens is 2. The van der Waals surface area contributed by atoms with E-state index in [1.54, 1.807) is 0 Å². The predicted molar refractivity (Wildman–Crippen MR) is 81.9 cm³/mol. The van der Waals surface area contributed by atoms with E-state index in [0.29, 0.717) is 22.6 Å². The van der Waals surface area contributed by atoms with Gasteiger partial charge in [0.05, 0.1) is 10.0 Å². The van der Waals surface area contributed by atoms with Crippen molar-refractivity contribution >= 4 is 23.2 Å². The Morgan fingerprint density at radius 1 is 1.42 bits per heavy atom. The summed E-state index contributed by atoms with van der Waals surface area (Å²) < 4.78 is 0. The molecule has 0 spiro atoms. The van der Waals surface area contributed by atoms with Crippen molar-refractivity contribution in [1.82, 2.24) is 9.80 Å². The number of hydrogen-bond donors (Lipinski definition) is 1. The van der Waals surface area contributed by atoms with E-state index in [0.717, 1.165) is 18.7 Å². The maximum Gasteiger partial charge on any atom is 0.0640 e. The van der Waals surface area contributed by atoms with Gasteiger partial charge in [0.2, 0.25) is 0 Å². The topological polar surface area (TPSA) is 32.5 Å². The Morgan fingerprint density at radius 3 is 2.74 bits per heavy atom. The van der Waals surface area contributed by atoms with Crippen LogP contribution >= 0.6 is 23.2 Å². The van der Waals surface area contributed by atoms with Crippen LogP contribution in [0.5, 0.6) is 0 Å². The lowest BCUT2D eigenvalue weighted by molar-refractivity contribution is 0.220. The summed E-state index contributed by atoms with van der Waals surface area (Å²) in [6, 6.07) is 6.51. The van der Waals surface area contributed by atoms with E-state index in [4.69, 9.17) is 28.9 Å². The Balaban J connectivity index is 2.19. The second-order valence-electron chi connectivity index (χ2n) is 5.30. The number of nitrogens with two attached hydrogens (primary N) is 1. The molecule has 2 N–H and O–H groups in total. The summed E-state index contributed by atoms with van der Waals surface area (Å²) in [6.07, 6.45) is 1.17. The van der Waals surface area contributed by atoms with Crippen molar-refractivity contribution < 1.29 is 0 Å². The van der Waals surface area contributed by atoms with E-state index < -0.39 is 0 Å². The highest BCUT2D eigenvalue weighted by Crippen LogP contribution is 2.34. The molecule has 0 saturated carbocycles. The maximum atomic E-state index is 6.32. The second kappa shape index (κ2) is 6.42. The van der Waals surface area contributed by atoms with Gasteiger partial charge >= 0.3 is 0 Å². The van der Waals surface area contributed by atoms with Gasteiger partial charge in [-0.05, 0) is 32.1 Å². The van der Waals surface area contributed by atoms with E-state index in [-0.39, 0.29) is 6.04 Å². The molecule has 0 radical (unpaired) electrons. The summed E-state index contributed by atoms with van der Waals surface area (Å²) in [5.74, 6) is 0. The van der Waals surface area contributed by atoms with Gasteiger partial charge in [-0.2, -0.15) is 0 Å². The first-order valence-electron chi connectivity index (χ1n) is 6.59. The third-order valence-corrected chi connectivity index (χ3v) is 4.76. The molecule has 5 heteroatoms. The summed E-state index contributed by atoms with van der Waals surface area (Å²) in [4.78, 5) is 4.68. The Hall–Kier alpha value is -0.320. The molecule has 0 aromatic heterocycles. The Kier molecular flexibility index (Phi) is 5.09.